The minimum Gasteiger partial charge on any atom is -0.347 e. The van der Waals surface area contributed by atoms with Crippen LogP contribution in [-0.4, -0.2) is 10.9 Å². The molecule has 0 aromatic carbocycles. The molecule has 0 saturated heterocycles. The topological polar surface area (TPSA) is 80.0 Å². The first kappa shape index (κ1) is 15.0. The number of nitrogen functional groups attached to an aromatic ring is 1. The molecule has 0 fully saturated rings. The number of hydrazine groups is 1. The standard InChI is InChI=1S/C13H15BrN4OS/c1-2-8-3-4-20-11(8)7-17-13(19)10-5-9(14)6-16-12(10)18-15/h3-6H,2,7,15H2,1H3,(H,16,18)(H,17,19). The molecule has 4 N–H and O–H groups in total. The van der Waals surface area contributed by atoms with Crippen molar-refractivity contribution in [3.05, 3.63) is 44.2 Å². The number of nitrogens with two attached hydrogens (primary N) is 1. The van der Waals surface area contributed by atoms with E-state index in [9.17, 15) is 4.79 Å². The van der Waals surface area contributed by atoms with Gasteiger partial charge >= 0.3 is 0 Å². The monoisotopic (exact) mass is 354 g/mol. The second kappa shape index (κ2) is 6.83. The molecule has 2 aromatic rings. The quantitative estimate of drug-likeness (QED) is 0.569. The van der Waals surface area contributed by atoms with Crippen molar-refractivity contribution in [2.45, 2.75) is 19.9 Å². The first-order valence-electron chi connectivity index (χ1n) is 6.11. The van der Waals surface area contributed by atoms with Crippen molar-refractivity contribution in [1.29, 1.82) is 0 Å². The van der Waals surface area contributed by atoms with Crippen molar-refractivity contribution >= 4 is 39.0 Å². The van der Waals surface area contributed by atoms with E-state index in [0.717, 1.165) is 10.9 Å². The fraction of sp³-hybridized carbons (Fsp3) is 0.231. The smallest absolute Gasteiger partial charge is 0.255 e. The molecule has 0 saturated carbocycles. The van der Waals surface area contributed by atoms with Gasteiger partial charge in [-0.05, 0) is 45.4 Å². The zero-order chi connectivity index (χ0) is 14.5. The maximum absolute atomic E-state index is 12.2. The van der Waals surface area contributed by atoms with Crippen LogP contribution in [0.1, 0.15) is 27.7 Å². The highest BCUT2D eigenvalue weighted by atomic mass is 79.9. The summed E-state index contributed by atoms with van der Waals surface area (Å²) in [5.74, 6) is 5.52. The number of nitrogens with one attached hydrogen (secondary N) is 2. The second-order valence-electron chi connectivity index (χ2n) is 4.10. The zero-order valence-electron chi connectivity index (χ0n) is 10.9. The van der Waals surface area contributed by atoms with Crippen molar-refractivity contribution in [2.24, 2.45) is 5.84 Å². The second-order valence-corrected chi connectivity index (χ2v) is 6.02. The highest BCUT2D eigenvalue weighted by Crippen LogP contribution is 2.19. The van der Waals surface area contributed by atoms with E-state index in [2.05, 4.69) is 44.6 Å². The Kier molecular flexibility index (Phi) is 5.11. The van der Waals surface area contributed by atoms with Crippen LogP contribution in [0.3, 0.4) is 0 Å². The third-order valence-electron chi connectivity index (χ3n) is 2.86. The summed E-state index contributed by atoms with van der Waals surface area (Å²) >= 11 is 4.94. The fourth-order valence-electron chi connectivity index (χ4n) is 1.82. The first-order valence-corrected chi connectivity index (χ1v) is 7.78. The van der Waals surface area contributed by atoms with Crippen LogP contribution in [0, 0.1) is 0 Å². The zero-order valence-corrected chi connectivity index (χ0v) is 13.3. The molecule has 0 radical (unpaired) electrons. The SMILES string of the molecule is CCc1ccsc1CNC(=O)c1cc(Br)cnc1NN. The van der Waals surface area contributed by atoms with Crippen molar-refractivity contribution < 1.29 is 4.79 Å². The Balaban J connectivity index is 2.11. The summed E-state index contributed by atoms with van der Waals surface area (Å²) in [7, 11) is 0. The Bertz CT molecular complexity index is 614. The van der Waals surface area contributed by atoms with Gasteiger partial charge in [-0.1, -0.05) is 6.92 Å². The van der Waals surface area contributed by atoms with Gasteiger partial charge in [-0.15, -0.1) is 11.3 Å². The molecule has 0 bridgehead atoms. The fourth-order valence-corrected chi connectivity index (χ4v) is 3.07. The molecule has 0 aliphatic carbocycles. The Morgan fingerprint density at radius 3 is 3.05 bits per heavy atom. The number of hydrogen-bond acceptors (Lipinski definition) is 5. The lowest BCUT2D eigenvalue weighted by Crippen LogP contribution is -2.25. The average Bonchev–Trinajstić information content (AvgIpc) is 2.92. The number of halogens is 1. The maximum Gasteiger partial charge on any atom is 0.255 e. The lowest BCUT2D eigenvalue weighted by atomic mass is 10.2. The van der Waals surface area contributed by atoms with E-state index in [4.69, 9.17) is 5.84 Å². The number of anilines is 1. The molecule has 0 aliphatic heterocycles. The van der Waals surface area contributed by atoms with Gasteiger partial charge < -0.3 is 10.7 Å². The van der Waals surface area contributed by atoms with E-state index in [1.807, 2.05) is 5.38 Å². The lowest BCUT2D eigenvalue weighted by molar-refractivity contribution is 0.0951. The molecule has 0 aliphatic rings. The van der Waals surface area contributed by atoms with Crippen LogP contribution in [0.4, 0.5) is 5.82 Å². The summed E-state index contributed by atoms with van der Waals surface area (Å²) in [6, 6.07) is 3.77. The van der Waals surface area contributed by atoms with Gasteiger partial charge in [0, 0.05) is 15.5 Å². The third-order valence-corrected chi connectivity index (χ3v) is 4.26. The molecule has 20 heavy (non-hydrogen) atoms. The number of carbonyl (C=O) groups is 1. The number of aromatic nitrogens is 1. The van der Waals surface area contributed by atoms with Crippen molar-refractivity contribution in [3.8, 4) is 0 Å². The van der Waals surface area contributed by atoms with Crippen molar-refractivity contribution in [1.82, 2.24) is 10.3 Å². The molecular formula is C13H15BrN4OS. The van der Waals surface area contributed by atoms with Crippen LogP contribution in [0.2, 0.25) is 0 Å². The average molecular weight is 355 g/mol. The van der Waals surface area contributed by atoms with Crippen LogP contribution in [-0.2, 0) is 13.0 Å². The van der Waals surface area contributed by atoms with E-state index < -0.39 is 0 Å². The van der Waals surface area contributed by atoms with Gasteiger partial charge in [-0.3, -0.25) is 4.79 Å². The predicted octanol–water partition coefficient (Wildman–Crippen LogP) is 2.68. The van der Waals surface area contributed by atoms with Crippen LogP contribution in [0.25, 0.3) is 0 Å². The number of thiophene rings is 1. The number of rotatable bonds is 5. The van der Waals surface area contributed by atoms with Crippen LogP contribution in [0.5, 0.6) is 0 Å². The van der Waals surface area contributed by atoms with E-state index in [-0.39, 0.29) is 5.91 Å². The highest BCUT2D eigenvalue weighted by molar-refractivity contribution is 9.10. The molecule has 1 amide bonds. The van der Waals surface area contributed by atoms with Gasteiger partial charge in [0.1, 0.15) is 0 Å². The Morgan fingerprint density at radius 1 is 1.55 bits per heavy atom. The molecular weight excluding hydrogens is 340 g/mol. The largest absolute Gasteiger partial charge is 0.347 e. The number of amides is 1. The molecule has 0 unspecified atom stereocenters. The molecule has 106 valence electrons. The number of carbonyl (C=O) groups excluding carboxylic acids is 1. The van der Waals surface area contributed by atoms with Crippen LogP contribution < -0.4 is 16.6 Å². The highest BCUT2D eigenvalue weighted by Gasteiger charge is 2.13. The minimum absolute atomic E-state index is 0.206. The minimum atomic E-state index is -0.206. The summed E-state index contributed by atoms with van der Waals surface area (Å²) in [5, 5.41) is 4.93. The number of aryl methyl sites for hydroxylation is 1. The third kappa shape index (κ3) is 3.36. The predicted molar refractivity (Wildman–Crippen MR) is 84.6 cm³/mol. The molecule has 2 heterocycles. The molecule has 5 nitrogen and oxygen atoms in total. The van der Waals surface area contributed by atoms with Gasteiger partial charge in [0.05, 0.1) is 12.1 Å². The Labute approximate surface area is 129 Å². The summed E-state index contributed by atoms with van der Waals surface area (Å²) in [4.78, 5) is 17.4. The van der Waals surface area contributed by atoms with Crippen molar-refractivity contribution in [2.75, 3.05) is 5.43 Å². The van der Waals surface area contributed by atoms with Crippen molar-refractivity contribution in [3.63, 3.8) is 0 Å². The number of nitrogens with zero attached hydrogens (tertiary/aromatic N) is 1. The van der Waals surface area contributed by atoms with Gasteiger partial charge in [0.25, 0.3) is 5.91 Å². The maximum atomic E-state index is 12.2. The molecule has 0 spiro atoms. The molecule has 0 atom stereocenters. The van der Waals surface area contributed by atoms with E-state index in [1.165, 1.54) is 10.4 Å². The van der Waals surface area contributed by atoms with Gasteiger partial charge in [-0.25, -0.2) is 10.8 Å². The summed E-state index contributed by atoms with van der Waals surface area (Å²) in [6.45, 7) is 2.61. The normalized spacial score (nSPS) is 10.3. The molecule has 2 rings (SSSR count). The number of hydrogen-bond donors (Lipinski definition) is 3. The summed E-state index contributed by atoms with van der Waals surface area (Å²) < 4.78 is 0.729. The van der Waals surface area contributed by atoms with Gasteiger partial charge in [0.15, 0.2) is 5.82 Å². The van der Waals surface area contributed by atoms with E-state index in [0.29, 0.717) is 17.9 Å². The van der Waals surface area contributed by atoms with Gasteiger partial charge in [-0.2, -0.15) is 0 Å². The van der Waals surface area contributed by atoms with Crippen LogP contribution in [0.15, 0.2) is 28.2 Å². The molecule has 7 heteroatoms. The first-order chi connectivity index (χ1) is 9.65. The van der Waals surface area contributed by atoms with E-state index in [1.54, 1.807) is 23.6 Å². The van der Waals surface area contributed by atoms with Gasteiger partial charge in [0.2, 0.25) is 0 Å². The van der Waals surface area contributed by atoms with E-state index >= 15 is 0 Å². The summed E-state index contributed by atoms with van der Waals surface area (Å²) in [5.41, 5.74) is 4.11. The Morgan fingerprint density at radius 2 is 2.35 bits per heavy atom. The lowest BCUT2D eigenvalue weighted by Gasteiger charge is -2.09. The van der Waals surface area contributed by atoms with Crippen LogP contribution >= 0.6 is 27.3 Å². The Hall–Kier alpha value is -1.44. The summed E-state index contributed by atoms with van der Waals surface area (Å²) in [6.07, 6.45) is 2.54. The number of pyridine rings is 1. The molecule has 2 aromatic heterocycles.